The molecule has 0 atom stereocenters. The largest absolute Gasteiger partial charge is 0.268 e. The van der Waals surface area contributed by atoms with Gasteiger partial charge in [0.15, 0.2) is 0 Å². The van der Waals surface area contributed by atoms with Crippen molar-refractivity contribution in [3.8, 4) is 11.1 Å². The second kappa shape index (κ2) is 7.32. The number of rotatable bonds is 5. The number of aryl methyl sites for hydroxylation is 1. The molecule has 0 unspecified atom stereocenters. The Balaban J connectivity index is 2.49. The quantitative estimate of drug-likeness (QED) is 0.872. The average Bonchev–Trinajstić information content (AvgIpc) is 2.55. The minimum Gasteiger partial charge on any atom is -0.268 e. The van der Waals surface area contributed by atoms with Gasteiger partial charge in [0.2, 0.25) is 10.0 Å². The number of halogens is 2. The van der Waals surface area contributed by atoms with Crippen molar-refractivity contribution in [1.82, 2.24) is 4.72 Å². The minimum atomic E-state index is -3.68. The van der Waals surface area contributed by atoms with Crippen molar-refractivity contribution >= 4 is 27.5 Å². The summed E-state index contributed by atoms with van der Waals surface area (Å²) in [7, 11) is -3.68. The van der Waals surface area contributed by atoms with Crippen LogP contribution < -0.4 is 4.72 Å². The number of amides is 1. The molecule has 0 aromatic heterocycles. The molecule has 0 radical (unpaired) electrons. The van der Waals surface area contributed by atoms with Gasteiger partial charge in [-0.25, -0.2) is 17.5 Å². The molecular weight excluding hydrogens is 353 g/mol. The van der Waals surface area contributed by atoms with Gasteiger partial charge in [0.05, 0.1) is 5.75 Å². The highest BCUT2D eigenvalue weighted by Crippen LogP contribution is 2.32. The van der Waals surface area contributed by atoms with E-state index in [0.717, 1.165) is 0 Å². The van der Waals surface area contributed by atoms with Gasteiger partial charge in [-0.3, -0.25) is 4.79 Å². The van der Waals surface area contributed by atoms with Crippen molar-refractivity contribution in [2.24, 2.45) is 0 Å². The number of benzene rings is 2. The molecule has 4 nitrogen and oxygen atoms in total. The molecule has 2 aromatic carbocycles. The lowest BCUT2D eigenvalue weighted by atomic mass is 9.99. The van der Waals surface area contributed by atoms with Crippen molar-refractivity contribution in [2.75, 3.05) is 5.75 Å². The number of carbonyl (C=O) groups is 1. The van der Waals surface area contributed by atoms with Crippen molar-refractivity contribution in [1.29, 1.82) is 0 Å². The fraction of sp³-hybridized carbons (Fsp3) is 0.235. The third kappa shape index (κ3) is 3.94. The molecule has 24 heavy (non-hydrogen) atoms. The maximum Gasteiger partial charge on any atom is 0.264 e. The van der Waals surface area contributed by atoms with E-state index in [-0.39, 0.29) is 21.9 Å². The van der Waals surface area contributed by atoms with Crippen molar-refractivity contribution < 1.29 is 17.6 Å². The normalized spacial score (nSPS) is 11.3. The maximum absolute atomic E-state index is 14.5. The van der Waals surface area contributed by atoms with Crippen molar-refractivity contribution in [3.63, 3.8) is 0 Å². The summed E-state index contributed by atoms with van der Waals surface area (Å²) in [5.74, 6) is -1.39. The first-order chi connectivity index (χ1) is 11.3. The van der Waals surface area contributed by atoms with E-state index >= 15 is 0 Å². The topological polar surface area (TPSA) is 63.2 Å². The monoisotopic (exact) mass is 369 g/mol. The van der Waals surface area contributed by atoms with Gasteiger partial charge in [-0.15, -0.1) is 0 Å². The molecule has 0 fully saturated rings. The second-order valence-corrected chi connectivity index (χ2v) is 7.58. The Bertz CT molecular complexity index is 881. The summed E-state index contributed by atoms with van der Waals surface area (Å²) >= 11 is 6.15. The lowest BCUT2D eigenvalue weighted by Gasteiger charge is -2.11. The molecular formula is C17H17ClFNO3S. The molecule has 1 amide bonds. The van der Waals surface area contributed by atoms with E-state index in [9.17, 15) is 17.6 Å². The van der Waals surface area contributed by atoms with Gasteiger partial charge >= 0.3 is 0 Å². The van der Waals surface area contributed by atoms with Crippen LogP contribution in [0.2, 0.25) is 5.02 Å². The Kier molecular flexibility index (Phi) is 5.62. The summed E-state index contributed by atoms with van der Waals surface area (Å²) in [6.07, 6.45) is 0.520. The zero-order chi connectivity index (χ0) is 17.9. The maximum atomic E-state index is 14.5. The molecule has 1 N–H and O–H groups in total. The third-order valence-corrected chi connectivity index (χ3v) is 5.19. The Morgan fingerprint density at radius 3 is 2.50 bits per heavy atom. The highest BCUT2D eigenvalue weighted by Gasteiger charge is 2.17. The molecule has 128 valence electrons. The van der Waals surface area contributed by atoms with Gasteiger partial charge < -0.3 is 0 Å². The van der Waals surface area contributed by atoms with Gasteiger partial charge in [0, 0.05) is 21.7 Å². The highest BCUT2D eigenvalue weighted by atomic mass is 35.5. The van der Waals surface area contributed by atoms with Crippen LogP contribution in [0, 0.1) is 5.82 Å². The van der Waals surface area contributed by atoms with Crippen LogP contribution in [0.15, 0.2) is 36.4 Å². The van der Waals surface area contributed by atoms with E-state index in [2.05, 4.69) is 0 Å². The number of hydrogen-bond acceptors (Lipinski definition) is 3. The summed E-state index contributed by atoms with van der Waals surface area (Å²) in [5, 5.41) is 0.275. The minimum absolute atomic E-state index is 0.0905. The van der Waals surface area contributed by atoms with Crippen LogP contribution in [0.4, 0.5) is 4.39 Å². The average molecular weight is 370 g/mol. The molecule has 0 saturated carbocycles. The van der Waals surface area contributed by atoms with Crippen LogP contribution in [0.3, 0.4) is 0 Å². The van der Waals surface area contributed by atoms with Gasteiger partial charge in [0.25, 0.3) is 5.91 Å². The molecule has 7 heteroatoms. The van der Waals surface area contributed by atoms with Crippen LogP contribution in [-0.4, -0.2) is 20.1 Å². The van der Waals surface area contributed by atoms with Crippen molar-refractivity contribution in [2.45, 2.75) is 20.3 Å². The van der Waals surface area contributed by atoms with E-state index < -0.39 is 21.7 Å². The van der Waals surface area contributed by atoms with Crippen LogP contribution in [0.25, 0.3) is 11.1 Å². The predicted molar refractivity (Wildman–Crippen MR) is 93.2 cm³/mol. The Labute approximate surface area is 145 Å². The second-order valence-electron chi connectivity index (χ2n) is 5.16. The smallest absolute Gasteiger partial charge is 0.264 e. The Morgan fingerprint density at radius 2 is 1.88 bits per heavy atom. The zero-order valence-electron chi connectivity index (χ0n) is 13.3. The summed E-state index contributed by atoms with van der Waals surface area (Å²) in [6, 6.07) is 9.19. The SMILES string of the molecule is CCc1cccc(-c2cc(C(=O)NS(=O)(=O)CC)ccc2Cl)c1F. The molecule has 0 spiro atoms. The highest BCUT2D eigenvalue weighted by molar-refractivity contribution is 7.90. The first-order valence-electron chi connectivity index (χ1n) is 7.41. The van der Waals surface area contributed by atoms with Gasteiger partial charge in [-0.2, -0.15) is 0 Å². The third-order valence-electron chi connectivity index (χ3n) is 3.61. The first-order valence-corrected chi connectivity index (χ1v) is 9.44. The van der Waals surface area contributed by atoms with E-state index in [4.69, 9.17) is 11.6 Å². The summed E-state index contributed by atoms with van der Waals surface area (Å²) in [4.78, 5) is 12.1. The van der Waals surface area contributed by atoms with Crippen LogP contribution >= 0.6 is 11.6 Å². The predicted octanol–water partition coefficient (Wildman–Crippen LogP) is 3.79. The zero-order valence-corrected chi connectivity index (χ0v) is 14.8. The standard InChI is InChI=1S/C17H17ClFNO3S/c1-3-11-6-5-7-13(16(11)19)14-10-12(8-9-15(14)18)17(21)20-24(22,23)4-2/h5-10H,3-4H2,1-2H3,(H,20,21). The number of sulfonamides is 1. The summed E-state index contributed by atoms with van der Waals surface area (Å²) in [5.41, 5.74) is 1.23. The fourth-order valence-electron chi connectivity index (χ4n) is 2.21. The lowest BCUT2D eigenvalue weighted by Crippen LogP contribution is -2.31. The Hall–Kier alpha value is -1.92. The summed E-state index contributed by atoms with van der Waals surface area (Å²) in [6.45, 7) is 3.26. The van der Waals surface area contributed by atoms with Crippen molar-refractivity contribution in [3.05, 3.63) is 58.4 Å². The molecule has 0 aliphatic rings. The van der Waals surface area contributed by atoms with E-state index in [0.29, 0.717) is 17.5 Å². The van der Waals surface area contributed by atoms with E-state index in [1.165, 1.54) is 25.1 Å². The molecule has 2 aromatic rings. The molecule has 0 aliphatic carbocycles. The fourth-order valence-corrected chi connectivity index (χ4v) is 2.97. The van der Waals surface area contributed by atoms with Gasteiger partial charge in [-0.1, -0.05) is 36.7 Å². The molecule has 0 aliphatic heterocycles. The van der Waals surface area contributed by atoms with E-state index in [1.54, 1.807) is 18.2 Å². The molecule has 0 bridgehead atoms. The van der Waals surface area contributed by atoms with Gasteiger partial charge in [0.1, 0.15) is 5.82 Å². The number of nitrogens with one attached hydrogen (secondary N) is 1. The van der Waals surface area contributed by atoms with Crippen LogP contribution in [0.5, 0.6) is 0 Å². The van der Waals surface area contributed by atoms with Crippen LogP contribution in [-0.2, 0) is 16.4 Å². The molecule has 2 rings (SSSR count). The number of carbonyl (C=O) groups excluding carboxylic acids is 1. The lowest BCUT2D eigenvalue weighted by molar-refractivity contribution is 0.0981. The first kappa shape index (κ1) is 18.4. The summed E-state index contributed by atoms with van der Waals surface area (Å²) < 4.78 is 39.5. The number of hydrogen-bond donors (Lipinski definition) is 1. The molecule has 0 saturated heterocycles. The van der Waals surface area contributed by atoms with Gasteiger partial charge in [-0.05, 0) is 37.1 Å². The Morgan fingerprint density at radius 1 is 1.17 bits per heavy atom. The molecule has 0 heterocycles. The van der Waals surface area contributed by atoms with E-state index in [1.807, 2.05) is 11.6 Å². The van der Waals surface area contributed by atoms with Crippen LogP contribution in [0.1, 0.15) is 29.8 Å².